The smallest absolute Gasteiger partial charge is 0.264 e. The Morgan fingerprint density at radius 3 is 2.74 bits per heavy atom. The second-order valence-electron chi connectivity index (χ2n) is 8.08. The fourth-order valence-corrected chi connectivity index (χ4v) is 5.79. The molecule has 3 aromatic rings. The van der Waals surface area contributed by atoms with Crippen molar-refractivity contribution in [3.05, 3.63) is 53.7 Å². The average molecular weight is 441 g/mol. The summed E-state index contributed by atoms with van der Waals surface area (Å²) in [5.74, 6) is 0.403. The molecular formula is C23H24N2O5S. The molecule has 1 aliphatic carbocycles. The minimum absolute atomic E-state index is 0.0714. The van der Waals surface area contributed by atoms with Crippen LogP contribution in [0.4, 0.5) is 0 Å². The summed E-state index contributed by atoms with van der Waals surface area (Å²) in [5, 5.41) is 0.542. The van der Waals surface area contributed by atoms with Crippen LogP contribution in [0.15, 0.2) is 47.5 Å². The van der Waals surface area contributed by atoms with E-state index in [1.165, 1.54) is 12.5 Å². The van der Waals surface area contributed by atoms with E-state index in [9.17, 15) is 13.2 Å². The number of benzene rings is 2. The van der Waals surface area contributed by atoms with Crippen LogP contribution in [0, 0.1) is 0 Å². The van der Waals surface area contributed by atoms with Crippen molar-refractivity contribution in [2.75, 3.05) is 13.7 Å². The third-order valence-electron chi connectivity index (χ3n) is 6.35. The molecule has 0 radical (unpaired) electrons. The molecule has 162 valence electrons. The molecule has 1 saturated carbocycles. The number of hydrogen-bond donors (Lipinski definition) is 2. The van der Waals surface area contributed by atoms with Crippen LogP contribution < -0.4 is 14.2 Å². The van der Waals surface area contributed by atoms with Gasteiger partial charge in [0.05, 0.1) is 24.5 Å². The van der Waals surface area contributed by atoms with E-state index in [4.69, 9.17) is 9.47 Å². The van der Waals surface area contributed by atoms with E-state index in [1.54, 1.807) is 31.5 Å². The van der Waals surface area contributed by atoms with Gasteiger partial charge in [0.15, 0.2) is 0 Å². The Labute approximate surface area is 180 Å². The van der Waals surface area contributed by atoms with Gasteiger partial charge in [0.1, 0.15) is 11.5 Å². The highest BCUT2D eigenvalue weighted by Crippen LogP contribution is 2.49. The van der Waals surface area contributed by atoms with Gasteiger partial charge < -0.3 is 14.5 Å². The lowest BCUT2D eigenvalue weighted by molar-refractivity contribution is -0.121. The molecule has 0 spiro atoms. The summed E-state index contributed by atoms with van der Waals surface area (Å²) >= 11 is 0. The van der Waals surface area contributed by atoms with Gasteiger partial charge in [0.2, 0.25) is 5.91 Å². The first-order chi connectivity index (χ1) is 15.0. The summed E-state index contributed by atoms with van der Waals surface area (Å²) in [4.78, 5) is 16.3. The van der Waals surface area contributed by atoms with Gasteiger partial charge in [-0.1, -0.05) is 18.6 Å². The zero-order valence-electron chi connectivity index (χ0n) is 17.2. The fraction of sp³-hybridized carbons (Fsp3) is 0.348. The highest BCUT2D eigenvalue weighted by Gasteiger charge is 2.37. The summed E-state index contributed by atoms with van der Waals surface area (Å²) in [6.07, 6.45) is 5.42. The lowest BCUT2D eigenvalue weighted by atomic mass is 9.77. The molecule has 5 rings (SSSR count). The van der Waals surface area contributed by atoms with Crippen molar-refractivity contribution in [3.63, 3.8) is 0 Å². The maximum atomic E-state index is 13.2. The van der Waals surface area contributed by atoms with Gasteiger partial charge in [-0.3, -0.25) is 4.79 Å². The first kappa shape index (κ1) is 19.9. The standard InChI is InChI=1S/C23H24N2O5S/c1-29-19-9-8-15(14-4-2-5-14)22-21(19)17(11-13-30-22)23(26)25-31(27,28)20-7-3-6-18-16(20)10-12-24-18/h3,6-10,12,14,17,24H,2,4-5,11,13H2,1H3,(H,25,26). The number of carbonyl (C=O) groups excluding carboxylic acids is 1. The maximum Gasteiger partial charge on any atom is 0.264 e. The van der Waals surface area contributed by atoms with Crippen molar-refractivity contribution in [1.29, 1.82) is 0 Å². The predicted molar refractivity (Wildman–Crippen MR) is 116 cm³/mol. The van der Waals surface area contributed by atoms with Crippen molar-refractivity contribution in [2.24, 2.45) is 0 Å². The lowest BCUT2D eigenvalue weighted by Gasteiger charge is -2.33. The Bertz CT molecular complexity index is 1260. The maximum absolute atomic E-state index is 13.2. The van der Waals surface area contributed by atoms with E-state index in [2.05, 4.69) is 9.71 Å². The number of rotatable bonds is 5. The van der Waals surface area contributed by atoms with E-state index in [-0.39, 0.29) is 4.90 Å². The molecule has 0 bridgehead atoms. The van der Waals surface area contributed by atoms with Gasteiger partial charge >= 0.3 is 0 Å². The quantitative estimate of drug-likeness (QED) is 0.629. The van der Waals surface area contributed by atoms with Crippen LogP contribution in [0.5, 0.6) is 11.5 Å². The van der Waals surface area contributed by atoms with Crippen LogP contribution >= 0.6 is 0 Å². The SMILES string of the molecule is COc1ccc(C2CCC2)c2c1C(C(=O)NS(=O)(=O)c1cccc3[nH]ccc13)CCO2. The average Bonchev–Trinajstić information content (AvgIpc) is 3.20. The molecule has 0 saturated heterocycles. The summed E-state index contributed by atoms with van der Waals surface area (Å²) in [5.41, 5.74) is 2.42. The molecule has 1 unspecified atom stereocenters. The van der Waals surface area contributed by atoms with Crippen LogP contribution in [0.2, 0.25) is 0 Å². The molecule has 1 aromatic heterocycles. The number of aromatic nitrogens is 1. The molecule has 1 fully saturated rings. The molecule has 7 nitrogen and oxygen atoms in total. The van der Waals surface area contributed by atoms with Crippen molar-refractivity contribution < 1.29 is 22.7 Å². The number of methoxy groups -OCH3 is 1. The van der Waals surface area contributed by atoms with Crippen molar-refractivity contribution in [1.82, 2.24) is 9.71 Å². The molecule has 8 heteroatoms. The molecule has 2 aliphatic rings. The first-order valence-corrected chi connectivity index (χ1v) is 11.9. The number of aromatic amines is 1. The number of H-pyrrole nitrogens is 1. The van der Waals surface area contributed by atoms with Gasteiger partial charge in [0, 0.05) is 22.7 Å². The summed E-state index contributed by atoms with van der Waals surface area (Å²) in [7, 11) is -2.50. The van der Waals surface area contributed by atoms with E-state index in [0.717, 1.165) is 18.4 Å². The van der Waals surface area contributed by atoms with Crippen molar-refractivity contribution in [2.45, 2.75) is 42.4 Å². The number of amides is 1. The molecule has 31 heavy (non-hydrogen) atoms. The highest BCUT2D eigenvalue weighted by atomic mass is 32.2. The first-order valence-electron chi connectivity index (χ1n) is 10.5. The van der Waals surface area contributed by atoms with Gasteiger partial charge in [-0.2, -0.15) is 0 Å². The monoisotopic (exact) mass is 440 g/mol. The number of ether oxygens (including phenoxy) is 2. The molecule has 2 heterocycles. The van der Waals surface area contributed by atoms with Gasteiger partial charge in [-0.15, -0.1) is 0 Å². The Morgan fingerprint density at radius 1 is 1.16 bits per heavy atom. The second-order valence-corrected chi connectivity index (χ2v) is 9.73. The van der Waals surface area contributed by atoms with Crippen LogP contribution in [0.1, 0.15) is 48.6 Å². The zero-order chi connectivity index (χ0) is 21.6. The highest BCUT2D eigenvalue weighted by molar-refractivity contribution is 7.90. The van der Waals surface area contributed by atoms with E-state index in [1.807, 2.05) is 12.1 Å². The Balaban J connectivity index is 1.50. The number of nitrogens with one attached hydrogen (secondary N) is 2. The summed E-state index contributed by atoms with van der Waals surface area (Å²) < 4.78 is 40.0. The molecular weight excluding hydrogens is 416 g/mol. The van der Waals surface area contributed by atoms with Crippen molar-refractivity contribution >= 4 is 26.8 Å². The Hall–Kier alpha value is -3.00. The van der Waals surface area contributed by atoms with E-state index < -0.39 is 21.8 Å². The minimum atomic E-state index is -4.05. The van der Waals surface area contributed by atoms with Gasteiger partial charge in [-0.05, 0) is 55.0 Å². The Kier molecular flexibility index (Phi) is 4.89. The van der Waals surface area contributed by atoms with E-state index in [0.29, 0.717) is 46.9 Å². The number of fused-ring (bicyclic) bond motifs is 2. The summed E-state index contributed by atoms with van der Waals surface area (Å²) in [6, 6.07) is 10.5. The van der Waals surface area contributed by atoms with Crippen LogP contribution in [0.25, 0.3) is 10.9 Å². The number of carbonyl (C=O) groups is 1. The minimum Gasteiger partial charge on any atom is -0.496 e. The van der Waals surface area contributed by atoms with Crippen molar-refractivity contribution in [3.8, 4) is 11.5 Å². The van der Waals surface area contributed by atoms with Gasteiger partial charge in [0.25, 0.3) is 10.0 Å². The largest absolute Gasteiger partial charge is 0.496 e. The molecule has 2 aromatic carbocycles. The third kappa shape index (κ3) is 3.35. The fourth-order valence-electron chi connectivity index (χ4n) is 4.54. The molecule has 1 aliphatic heterocycles. The second kappa shape index (κ2) is 7.60. The topological polar surface area (TPSA) is 97.5 Å². The van der Waals surface area contributed by atoms with Crippen LogP contribution in [-0.2, 0) is 14.8 Å². The normalized spacial score (nSPS) is 18.7. The predicted octanol–water partition coefficient (Wildman–Crippen LogP) is 3.82. The summed E-state index contributed by atoms with van der Waals surface area (Å²) in [6.45, 7) is 0.353. The third-order valence-corrected chi connectivity index (χ3v) is 7.75. The van der Waals surface area contributed by atoms with Gasteiger partial charge in [-0.25, -0.2) is 13.1 Å². The Morgan fingerprint density at radius 2 is 2.00 bits per heavy atom. The number of hydrogen-bond acceptors (Lipinski definition) is 5. The number of sulfonamides is 1. The van der Waals surface area contributed by atoms with Crippen LogP contribution in [0.3, 0.4) is 0 Å². The molecule has 1 atom stereocenters. The zero-order valence-corrected chi connectivity index (χ0v) is 18.0. The molecule has 2 N–H and O–H groups in total. The van der Waals surface area contributed by atoms with E-state index >= 15 is 0 Å². The molecule has 1 amide bonds. The lowest BCUT2D eigenvalue weighted by Crippen LogP contribution is -2.37. The van der Waals surface area contributed by atoms with Crippen LogP contribution in [-0.4, -0.2) is 33.0 Å².